The quantitative estimate of drug-likeness (QED) is 0.784. The first kappa shape index (κ1) is 17.6. The van der Waals surface area contributed by atoms with E-state index in [1.807, 2.05) is 6.07 Å². The van der Waals surface area contributed by atoms with Crippen molar-refractivity contribution in [3.8, 4) is 17.3 Å². The molecule has 0 aliphatic heterocycles. The summed E-state index contributed by atoms with van der Waals surface area (Å²) in [5.74, 6) is -0.425. The Labute approximate surface area is 150 Å². The summed E-state index contributed by atoms with van der Waals surface area (Å²) in [6, 6.07) is 7.90. The van der Waals surface area contributed by atoms with Gasteiger partial charge < -0.3 is 5.11 Å². The van der Waals surface area contributed by atoms with Crippen LogP contribution in [0, 0.1) is 17.1 Å². The highest BCUT2D eigenvalue weighted by molar-refractivity contribution is 5.86. The van der Waals surface area contributed by atoms with E-state index in [-0.39, 0.29) is 0 Å². The van der Waals surface area contributed by atoms with E-state index in [1.54, 1.807) is 48.7 Å². The van der Waals surface area contributed by atoms with Crippen LogP contribution in [0.25, 0.3) is 16.8 Å². The molecule has 26 heavy (non-hydrogen) atoms. The van der Waals surface area contributed by atoms with E-state index in [0.29, 0.717) is 39.3 Å². The lowest BCUT2D eigenvalue weighted by molar-refractivity contribution is 0.199. The van der Waals surface area contributed by atoms with Crippen molar-refractivity contribution < 1.29 is 9.50 Å². The van der Waals surface area contributed by atoms with Gasteiger partial charge in [-0.1, -0.05) is 6.58 Å². The third-order valence-corrected chi connectivity index (χ3v) is 4.18. The molecule has 132 valence electrons. The molecule has 3 rings (SSSR count). The monoisotopic (exact) mass is 351 g/mol. The molecule has 0 saturated carbocycles. The van der Waals surface area contributed by atoms with Gasteiger partial charge in [0.15, 0.2) is 5.69 Å². The molecule has 0 bridgehead atoms. The minimum Gasteiger partial charge on any atom is -0.389 e. The summed E-state index contributed by atoms with van der Waals surface area (Å²) in [6.07, 6.45) is 0.942. The first-order valence-electron chi connectivity index (χ1n) is 7.97. The van der Waals surface area contributed by atoms with Crippen molar-refractivity contribution in [3.05, 3.63) is 65.4 Å². The largest absolute Gasteiger partial charge is 0.389 e. The lowest BCUT2D eigenvalue weighted by Crippen LogP contribution is -2.01. The highest BCUT2D eigenvalue weighted by Gasteiger charge is 2.21. The van der Waals surface area contributed by atoms with E-state index < -0.39 is 11.9 Å². The van der Waals surface area contributed by atoms with Gasteiger partial charge >= 0.3 is 0 Å². The van der Waals surface area contributed by atoms with Crippen molar-refractivity contribution in [1.29, 1.82) is 5.26 Å². The maximum atomic E-state index is 13.7. The van der Waals surface area contributed by atoms with Gasteiger partial charge in [0.25, 0.3) is 0 Å². The number of nitrogens with zero attached hydrogens (tertiary/aromatic N) is 5. The molecular weight excluding hydrogens is 333 g/mol. The van der Waals surface area contributed by atoms with Crippen molar-refractivity contribution in [2.45, 2.75) is 13.0 Å². The molecular formula is C19H18FN5O. The van der Waals surface area contributed by atoms with Crippen LogP contribution in [0.15, 0.2) is 37.0 Å². The Morgan fingerprint density at radius 2 is 2.04 bits per heavy atom. The number of benzene rings is 1. The third-order valence-electron chi connectivity index (χ3n) is 4.18. The minimum absolute atomic E-state index is 0.292. The minimum atomic E-state index is -0.856. The SMILES string of the molecule is C=C(c1cn(C)nc1-c1ccc(F)cc1[C@@H](C)O)c1cc(C#N)nn1C. The van der Waals surface area contributed by atoms with Crippen molar-refractivity contribution in [2.24, 2.45) is 14.1 Å². The number of aryl methyl sites for hydroxylation is 2. The molecule has 0 spiro atoms. The van der Waals surface area contributed by atoms with Gasteiger partial charge in [-0.3, -0.25) is 9.36 Å². The van der Waals surface area contributed by atoms with E-state index in [1.165, 1.54) is 12.1 Å². The molecule has 0 unspecified atom stereocenters. The second kappa shape index (κ2) is 6.58. The highest BCUT2D eigenvalue weighted by atomic mass is 19.1. The topological polar surface area (TPSA) is 79.7 Å². The molecule has 1 atom stereocenters. The van der Waals surface area contributed by atoms with Crippen LogP contribution in [-0.4, -0.2) is 24.7 Å². The van der Waals surface area contributed by atoms with E-state index in [0.717, 1.165) is 0 Å². The number of halogens is 1. The van der Waals surface area contributed by atoms with Crippen LogP contribution >= 0.6 is 0 Å². The summed E-state index contributed by atoms with van der Waals surface area (Å²) < 4.78 is 16.9. The third kappa shape index (κ3) is 3.03. The van der Waals surface area contributed by atoms with E-state index in [9.17, 15) is 9.50 Å². The van der Waals surface area contributed by atoms with Gasteiger partial charge in [0.1, 0.15) is 17.6 Å². The van der Waals surface area contributed by atoms with Crippen LogP contribution < -0.4 is 0 Å². The molecule has 0 saturated heterocycles. The van der Waals surface area contributed by atoms with Crippen LogP contribution in [-0.2, 0) is 14.1 Å². The van der Waals surface area contributed by atoms with Gasteiger partial charge in [0.2, 0.25) is 0 Å². The summed E-state index contributed by atoms with van der Waals surface area (Å²) in [6.45, 7) is 5.71. The molecule has 7 heteroatoms. The van der Waals surface area contributed by atoms with Gasteiger partial charge in [-0.15, -0.1) is 0 Å². The number of aliphatic hydroxyl groups is 1. The van der Waals surface area contributed by atoms with Crippen molar-refractivity contribution >= 4 is 5.57 Å². The fraction of sp³-hybridized carbons (Fsp3) is 0.211. The highest BCUT2D eigenvalue weighted by Crippen LogP contribution is 2.35. The molecule has 0 aliphatic carbocycles. The van der Waals surface area contributed by atoms with Crippen molar-refractivity contribution in [2.75, 3.05) is 0 Å². The predicted molar refractivity (Wildman–Crippen MR) is 95.3 cm³/mol. The van der Waals surface area contributed by atoms with Crippen LogP contribution in [0.5, 0.6) is 0 Å². The molecule has 0 fully saturated rings. The van der Waals surface area contributed by atoms with Crippen LogP contribution in [0.4, 0.5) is 4.39 Å². The Kier molecular flexibility index (Phi) is 4.45. The molecule has 1 aromatic carbocycles. The number of nitriles is 1. The summed E-state index contributed by atoms with van der Waals surface area (Å²) in [7, 11) is 3.51. The zero-order valence-electron chi connectivity index (χ0n) is 14.7. The Bertz CT molecular complexity index is 1040. The van der Waals surface area contributed by atoms with Gasteiger partial charge in [-0.25, -0.2) is 4.39 Å². The lowest BCUT2D eigenvalue weighted by Gasteiger charge is -2.13. The van der Waals surface area contributed by atoms with E-state index in [2.05, 4.69) is 16.8 Å². The normalized spacial score (nSPS) is 12.0. The zero-order valence-corrected chi connectivity index (χ0v) is 14.7. The molecule has 1 N–H and O–H groups in total. The van der Waals surface area contributed by atoms with E-state index >= 15 is 0 Å². The predicted octanol–water partition coefficient (Wildman–Crippen LogP) is 2.95. The molecule has 0 aliphatic rings. The molecule has 2 heterocycles. The Morgan fingerprint density at radius 3 is 2.65 bits per heavy atom. The maximum absolute atomic E-state index is 13.7. The first-order chi connectivity index (χ1) is 12.3. The maximum Gasteiger partial charge on any atom is 0.163 e. The summed E-state index contributed by atoms with van der Waals surface area (Å²) >= 11 is 0. The second-order valence-electron chi connectivity index (χ2n) is 6.10. The number of aliphatic hydroxyl groups excluding tert-OH is 1. The number of hydrogen-bond donors (Lipinski definition) is 1. The molecule has 6 nitrogen and oxygen atoms in total. The standard InChI is InChI=1S/C19H18FN5O/c1-11(18-8-14(9-21)22-25(18)4)17-10-24(3)23-19(17)15-6-5-13(20)7-16(15)12(2)26/h5-8,10,12,26H,1H2,2-4H3/t12-/m1/s1. The van der Waals surface area contributed by atoms with Crippen molar-refractivity contribution in [1.82, 2.24) is 19.6 Å². The lowest BCUT2D eigenvalue weighted by atomic mass is 9.95. The molecule has 3 aromatic rings. The van der Waals surface area contributed by atoms with Gasteiger partial charge in [0, 0.05) is 43.1 Å². The Hall–Kier alpha value is -3.24. The number of aromatic nitrogens is 4. The number of hydrogen-bond acceptors (Lipinski definition) is 4. The fourth-order valence-corrected chi connectivity index (χ4v) is 2.95. The summed E-state index contributed by atoms with van der Waals surface area (Å²) in [5.41, 5.74) is 3.96. The van der Waals surface area contributed by atoms with Gasteiger partial charge in [-0.2, -0.15) is 15.5 Å². The van der Waals surface area contributed by atoms with Crippen LogP contribution in [0.1, 0.15) is 35.5 Å². The average molecular weight is 351 g/mol. The summed E-state index contributed by atoms with van der Waals surface area (Å²) in [5, 5.41) is 27.7. The zero-order chi connectivity index (χ0) is 19.0. The second-order valence-corrected chi connectivity index (χ2v) is 6.10. The fourth-order valence-electron chi connectivity index (χ4n) is 2.95. The first-order valence-corrected chi connectivity index (χ1v) is 7.97. The Morgan fingerprint density at radius 1 is 1.31 bits per heavy atom. The number of rotatable bonds is 4. The van der Waals surface area contributed by atoms with Crippen LogP contribution in [0.3, 0.4) is 0 Å². The molecule has 2 aromatic heterocycles. The molecule has 0 radical (unpaired) electrons. The Balaban J connectivity index is 2.17. The van der Waals surface area contributed by atoms with Crippen molar-refractivity contribution in [3.63, 3.8) is 0 Å². The smallest absolute Gasteiger partial charge is 0.163 e. The van der Waals surface area contributed by atoms with Gasteiger partial charge in [-0.05, 0) is 30.7 Å². The molecule has 0 amide bonds. The summed E-state index contributed by atoms with van der Waals surface area (Å²) in [4.78, 5) is 0. The van der Waals surface area contributed by atoms with Gasteiger partial charge in [0.05, 0.1) is 11.8 Å². The van der Waals surface area contributed by atoms with Crippen LogP contribution in [0.2, 0.25) is 0 Å². The van der Waals surface area contributed by atoms with E-state index in [4.69, 9.17) is 5.26 Å². The average Bonchev–Trinajstić information content (AvgIpc) is 3.16.